The van der Waals surface area contributed by atoms with Crippen LogP contribution in [0.4, 0.5) is 10.1 Å². The van der Waals surface area contributed by atoms with E-state index in [-0.39, 0.29) is 5.91 Å². The highest BCUT2D eigenvalue weighted by atomic mass is 31.1. The molecule has 34 heavy (non-hydrogen) atoms. The van der Waals surface area contributed by atoms with E-state index in [1.807, 2.05) is 31.2 Å². The number of hydrogen-bond acceptors (Lipinski definition) is 3. The van der Waals surface area contributed by atoms with E-state index in [4.69, 9.17) is 0 Å². The fourth-order valence-electron chi connectivity index (χ4n) is 3.53. The molecule has 3 rings (SSSR count). The van der Waals surface area contributed by atoms with Crippen LogP contribution in [-0.2, 0) is 9.95 Å². The van der Waals surface area contributed by atoms with E-state index < -0.39 is 5.15 Å². The minimum Gasteiger partial charge on any atom is -0.344 e. The second-order valence-electron chi connectivity index (χ2n) is 7.97. The molecule has 2 aromatic rings. The Balaban J connectivity index is 1.67. The number of rotatable bonds is 7. The van der Waals surface area contributed by atoms with Crippen LogP contribution in [0.3, 0.4) is 0 Å². The van der Waals surface area contributed by atoms with Gasteiger partial charge in [0.2, 0.25) is 6.41 Å². The van der Waals surface area contributed by atoms with Crippen molar-refractivity contribution >= 4 is 48.0 Å². The van der Waals surface area contributed by atoms with Gasteiger partial charge in [0.1, 0.15) is 5.84 Å². The lowest BCUT2D eigenvalue weighted by Crippen LogP contribution is -2.48. The first-order valence-corrected chi connectivity index (χ1v) is 12.0. The number of carbonyl (C=O) groups is 2. The zero-order valence-corrected chi connectivity index (χ0v) is 21.4. The number of nitrogens with zero attached hydrogens (tertiary/aromatic N) is 3. The highest BCUT2D eigenvalue weighted by Crippen LogP contribution is 2.40. The monoisotopic (exact) mass is 498 g/mol. The quantitative estimate of drug-likeness (QED) is 0.201. The molecule has 0 spiro atoms. The maximum Gasteiger partial charge on any atom is 0.253 e. The van der Waals surface area contributed by atoms with Gasteiger partial charge in [0, 0.05) is 43.0 Å². The summed E-state index contributed by atoms with van der Waals surface area (Å²) < 4.78 is 14.1. The SMILES string of the molecule is C=C/C=C(\N=C(C)Nc1ccc(C(=O)N2CCN(C=O)CC2)cc1)c1ccc(C(F)(P)P)cc1. The van der Waals surface area contributed by atoms with Crippen LogP contribution in [0, 0.1) is 0 Å². The number of alkyl halides is 1. The zero-order chi connectivity index (χ0) is 24.7. The summed E-state index contributed by atoms with van der Waals surface area (Å²) >= 11 is 0. The molecule has 1 fully saturated rings. The Morgan fingerprint density at radius 2 is 1.65 bits per heavy atom. The number of piperazine rings is 1. The number of amidine groups is 1. The van der Waals surface area contributed by atoms with Crippen molar-refractivity contribution in [3.63, 3.8) is 0 Å². The van der Waals surface area contributed by atoms with Crippen molar-refractivity contribution in [2.75, 3.05) is 31.5 Å². The Morgan fingerprint density at radius 1 is 1.06 bits per heavy atom. The van der Waals surface area contributed by atoms with Gasteiger partial charge in [0.15, 0.2) is 5.15 Å². The Kier molecular flexibility index (Phi) is 8.71. The molecule has 2 aromatic carbocycles. The number of hydrogen-bond donors (Lipinski definition) is 1. The maximum atomic E-state index is 14.1. The van der Waals surface area contributed by atoms with Crippen molar-refractivity contribution in [2.24, 2.45) is 4.99 Å². The van der Waals surface area contributed by atoms with Crippen LogP contribution in [0.2, 0.25) is 0 Å². The van der Waals surface area contributed by atoms with Gasteiger partial charge in [-0.05, 0) is 42.8 Å². The van der Waals surface area contributed by atoms with Crippen LogP contribution in [-0.4, -0.2) is 54.1 Å². The van der Waals surface area contributed by atoms with Crippen molar-refractivity contribution in [2.45, 2.75) is 12.1 Å². The van der Waals surface area contributed by atoms with Crippen molar-refractivity contribution in [1.29, 1.82) is 0 Å². The minimum absolute atomic E-state index is 0.0459. The zero-order valence-electron chi connectivity index (χ0n) is 19.1. The van der Waals surface area contributed by atoms with Crippen LogP contribution in [0.5, 0.6) is 0 Å². The standard InChI is InChI=1S/C25H29FN4O2P2/c1-3-4-23(19-5-9-21(10-6-19)25(26,33)34)28-18(2)27-22-11-7-20(8-12-22)24(32)30-15-13-29(17-31)14-16-30/h3-12,17H,1,13-16,33-34H2,2H3,(H,27,28)/b23-4-. The van der Waals surface area contributed by atoms with Crippen LogP contribution in [0.15, 0.2) is 72.3 Å². The molecule has 6 nitrogen and oxygen atoms in total. The van der Waals surface area contributed by atoms with Crippen molar-refractivity contribution in [3.05, 3.63) is 84.0 Å². The van der Waals surface area contributed by atoms with Crippen molar-refractivity contribution < 1.29 is 14.0 Å². The van der Waals surface area contributed by atoms with E-state index in [9.17, 15) is 14.0 Å². The van der Waals surface area contributed by atoms with Gasteiger partial charge in [-0.25, -0.2) is 9.38 Å². The number of nitrogens with one attached hydrogen (secondary N) is 1. The lowest BCUT2D eigenvalue weighted by molar-refractivity contribution is -0.119. The molecular weight excluding hydrogens is 469 g/mol. The molecule has 2 unspecified atom stereocenters. The molecule has 0 saturated carbocycles. The largest absolute Gasteiger partial charge is 0.344 e. The number of aliphatic imine (C=N–C) groups is 1. The molecule has 0 aromatic heterocycles. The summed E-state index contributed by atoms with van der Waals surface area (Å²) in [6.45, 7) is 7.77. The number of carbonyl (C=O) groups excluding carboxylic acids is 2. The molecule has 2 atom stereocenters. The lowest BCUT2D eigenvalue weighted by Gasteiger charge is -2.32. The summed E-state index contributed by atoms with van der Waals surface area (Å²) in [5.74, 6) is 0.605. The molecule has 9 heteroatoms. The van der Waals surface area contributed by atoms with Crippen LogP contribution in [0.1, 0.15) is 28.4 Å². The maximum absolute atomic E-state index is 14.1. The molecule has 0 aliphatic carbocycles. The molecule has 1 saturated heterocycles. The Labute approximate surface area is 204 Å². The topological polar surface area (TPSA) is 65.0 Å². The second kappa shape index (κ2) is 11.5. The summed E-state index contributed by atoms with van der Waals surface area (Å²) in [5.41, 5.74) is 3.44. The van der Waals surface area contributed by atoms with Gasteiger partial charge in [-0.2, -0.15) is 0 Å². The average Bonchev–Trinajstić information content (AvgIpc) is 2.83. The fourth-order valence-corrected chi connectivity index (χ4v) is 3.92. The summed E-state index contributed by atoms with van der Waals surface area (Å²) in [7, 11) is 4.31. The third-order valence-corrected chi connectivity index (χ3v) is 6.06. The van der Waals surface area contributed by atoms with E-state index in [0.29, 0.717) is 48.8 Å². The molecule has 0 radical (unpaired) electrons. The number of halogens is 1. The van der Waals surface area contributed by atoms with E-state index in [0.717, 1.165) is 17.7 Å². The van der Waals surface area contributed by atoms with Gasteiger partial charge in [0.25, 0.3) is 5.91 Å². The van der Waals surface area contributed by atoms with Gasteiger partial charge in [-0.15, -0.1) is 0 Å². The van der Waals surface area contributed by atoms with Gasteiger partial charge < -0.3 is 15.1 Å². The summed E-state index contributed by atoms with van der Waals surface area (Å²) in [6, 6.07) is 14.3. The average molecular weight is 498 g/mol. The molecule has 1 aliphatic heterocycles. The van der Waals surface area contributed by atoms with Crippen LogP contribution in [0.25, 0.3) is 5.70 Å². The lowest BCUT2D eigenvalue weighted by atomic mass is 10.1. The smallest absolute Gasteiger partial charge is 0.253 e. The number of allylic oxidation sites excluding steroid dienone is 2. The highest BCUT2D eigenvalue weighted by molar-refractivity contribution is 7.38. The molecule has 178 valence electrons. The molecular formula is C25H29FN4O2P2. The van der Waals surface area contributed by atoms with E-state index >= 15 is 0 Å². The molecule has 1 heterocycles. The number of benzene rings is 2. The first kappa shape index (κ1) is 25.7. The van der Waals surface area contributed by atoms with Crippen LogP contribution >= 0.6 is 18.5 Å². The normalized spacial score (nSPS) is 15.2. The first-order chi connectivity index (χ1) is 16.2. The Hall–Kier alpha value is -2.88. The fraction of sp³-hybridized carbons (Fsp3) is 0.240. The summed E-state index contributed by atoms with van der Waals surface area (Å²) in [5, 5.41) is 1.66. The molecule has 1 N–H and O–H groups in total. The molecule has 0 bridgehead atoms. The van der Waals surface area contributed by atoms with Crippen molar-refractivity contribution in [3.8, 4) is 0 Å². The molecule has 2 amide bonds. The second-order valence-corrected chi connectivity index (χ2v) is 10.3. The predicted octanol–water partition coefficient (Wildman–Crippen LogP) is 4.49. The van der Waals surface area contributed by atoms with Gasteiger partial charge >= 0.3 is 0 Å². The van der Waals surface area contributed by atoms with E-state index in [1.54, 1.807) is 46.2 Å². The first-order valence-electron chi connectivity index (χ1n) is 10.8. The van der Waals surface area contributed by atoms with E-state index in [2.05, 4.69) is 35.4 Å². The third kappa shape index (κ3) is 6.82. The summed E-state index contributed by atoms with van der Waals surface area (Å²) in [4.78, 5) is 31.6. The van der Waals surface area contributed by atoms with Gasteiger partial charge in [0.05, 0.1) is 5.70 Å². The molecule has 1 aliphatic rings. The Bertz CT molecular complexity index is 1090. The minimum atomic E-state index is -1.57. The van der Waals surface area contributed by atoms with Crippen LogP contribution < -0.4 is 5.32 Å². The van der Waals surface area contributed by atoms with E-state index in [1.165, 1.54) is 0 Å². The number of amides is 2. The highest BCUT2D eigenvalue weighted by Gasteiger charge is 2.21. The predicted molar refractivity (Wildman–Crippen MR) is 144 cm³/mol. The van der Waals surface area contributed by atoms with Gasteiger partial charge in [-0.1, -0.05) is 55.4 Å². The van der Waals surface area contributed by atoms with Gasteiger partial charge in [-0.3, -0.25) is 9.59 Å². The number of anilines is 1. The Morgan fingerprint density at radius 3 is 2.18 bits per heavy atom. The third-order valence-electron chi connectivity index (χ3n) is 5.39. The van der Waals surface area contributed by atoms with Crippen molar-refractivity contribution in [1.82, 2.24) is 9.80 Å². The summed E-state index contributed by atoms with van der Waals surface area (Å²) in [6.07, 6.45) is 4.26.